The summed E-state index contributed by atoms with van der Waals surface area (Å²) in [6, 6.07) is -0.766. The van der Waals surface area contributed by atoms with Gasteiger partial charge in [0.2, 0.25) is 0 Å². The molecule has 1 heterocycles. The maximum atomic E-state index is 9.17. The molecule has 4 atom stereocenters. The first-order valence-electron chi connectivity index (χ1n) is 3.53. The van der Waals surface area contributed by atoms with Crippen LogP contribution >= 0.6 is 0 Å². The van der Waals surface area contributed by atoms with E-state index < -0.39 is 24.5 Å². The van der Waals surface area contributed by atoms with Gasteiger partial charge >= 0.3 is 0 Å². The second-order valence-corrected chi connectivity index (χ2v) is 2.71. The van der Waals surface area contributed by atoms with Crippen LogP contribution in [0.4, 0.5) is 0 Å². The number of ether oxygens (including phenoxy) is 1. The Morgan fingerprint density at radius 3 is 2.55 bits per heavy atom. The van der Waals surface area contributed by atoms with Gasteiger partial charge in [0, 0.05) is 6.42 Å². The monoisotopic (exact) mass is 163 g/mol. The van der Waals surface area contributed by atoms with Crippen molar-refractivity contribution in [2.75, 3.05) is 6.61 Å². The van der Waals surface area contributed by atoms with Gasteiger partial charge in [-0.1, -0.05) is 0 Å². The smallest absolute Gasteiger partial charge is 0.172 e. The lowest BCUT2D eigenvalue weighted by atomic mass is 10.0. The van der Waals surface area contributed by atoms with Gasteiger partial charge in [-0.2, -0.15) is 0 Å². The molecule has 0 radical (unpaired) electrons. The highest BCUT2D eigenvalue weighted by molar-refractivity contribution is 4.82. The van der Waals surface area contributed by atoms with Crippen molar-refractivity contribution in [3.63, 3.8) is 0 Å². The zero-order valence-electron chi connectivity index (χ0n) is 6.05. The molecule has 0 amide bonds. The SMILES string of the molecule is N[C@@H]1C(O)O[C@H](CO)C[C@@H]1O. The maximum absolute atomic E-state index is 9.17. The summed E-state index contributed by atoms with van der Waals surface area (Å²) in [5.74, 6) is 0. The van der Waals surface area contributed by atoms with Crippen LogP contribution in [-0.2, 0) is 4.74 Å². The van der Waals surface area contributed by atoms with E-state index in [2.05, 4.69) is 0 Å². The number of nitrogens with two attached hydrogens (primary N) is 1. The van der Waals surface area contributed by atoms with Crippen molar-refractivity contribution in [2.45, 2.75) is 31.0 Å². The van der Waals surface area contributed by atoms with Crippen LogP contribution in [0.2, 0.25) is 0 Å². The van der Waals surface area contributed by atoms with E-state index in [0.717, 1.165) is 0 Å². The zero-order valence-corrected chi connectivity index (χ0v) is 6.05. The van der Waals surface area contributed by atoms with Crippen LogP contribution in [0.25, 0.3) is 0 Å². The third-order valence-electron chi connectivity index (χ3n) is 1.81. The summed E-state index contributed by atoms with van der Waals surface area (Å²) in [4.78, 5) is 0. The van der Waals surface area contributed by atoms with Gasteiger partial charge in [0.1, 0.15) is 0 Å². The minimum absolute atomic E-state index is 0.207. The van der Waals surface area contributed by atoms with Crippen LogP contribution in [0, 0.1) is 0 Å². The minimum atomic E-state index is -1.17. The van der Waals surface area contributed by atoms with Gasteiger partial charge in [-0.25, -0.2) is 0 Å². The first-order valence-corrected chi connectivity index (χ1v) is 3.53. The molecule has 5 N–H and O–H groups in total. The van der Waals surface area contributed by atoms with Crippen LogP contribution in [0.15, 0.2) is 0 Å². The first-order chi connectivity index (χ1) is 5.15. The second-order valence-electron chi connectivity index (χ2n) is 2.71. The predicted molar refractivity (Wildman–Crippen MR) is 36.6 cm³/mol. The van der Waals surface area contributed by atoms with E-state index in [1.165, 1.54) is 0 Å². The van der Waals surface area contributed by atoms with Crippen LogP contribution in [0.1, 0.15) is 6.42 Å². The molecular formula is C6H13NO4. The molecule has 5 nitrogen and oxygen atoms in total. The fourth-order valence-electron chi connectivity index (χ4n) is 1.08. The number of hydrogen-bond acceptors (Lipinski definition) is 5. The fourth-order valence-corrected chi connectivity index (χ4v) is 1.08. The summed E-state index contributed by atoms with van der Waals surface area (Å²) >= 11 is 0. The standard InChI is InChI=1S/C6H13NO4/c7-5-4(9)1-3(2-8)11-6(5)10/h3-6,8-10H,1-2,7H2/t3-,4-,5-,6?/m0/s1. The van der Waals surface area contributed by atoms with E-state index in [-0.39, 0.29) is 13.0 Å². The van der Waals surface area contributed by atoms with E-state index in [0.29, 0.717) is 0 Å². The van der Waals surface area contributed by atoms with Gasteiger partial charge in [0.25, 0.3) is 0 Å². The summed E-state index contributed by atoms with van der Waals surface area (Å²) in [6.07, 6.45) is -2.19. The fraction of sp³-hybridized carbons (Fsp3) is 1.00. The first kappa shape index (κ1) is 8.89. The molecule has 0 aliphatic carbocycles. The lowest BCUT2D eigenvalue weighted by Gasteiger charge is -2.34. The van der Waals surface area contributed by atoms with Gasteiger partial charge in [0.05, 0.1) is 24.9 Å². The third-order valence-corrected chi connectivity index (χ3v) is 1.81. The highest BCUT2D eigenvalue weighted by Crippen LogP contribution is 2.16. The Hall–Kier alpha value is -0.200. The van der Waals surface area contributed by atoms with Gasteiger partial charge in [-0.05, 0) is 0 Å². The topological polar surface area (TPSA) is 95.9 Å². The largest absolute Gasteiger partial charge is 0.394 e. The molecular weight excluding hydrogens is 150 g/mol. The Labute approximate surface area is 64.4 Å². The summed E-state index contributed by atoms with van der Waals surface area (Å²) < 4.78 is 4.84. The maximum Gasteiger partial charge on any atom is 0.172 e. The lowest BCUT2D eigenvalue weighted by molar-refractivity contribution is -0.207. The minimum Gasteiger partial charge on any atom is -0.394 e. The van der Waals surface area contributed by atoms with Gasteiger partial charge in [-0.3, -0.25) is 0 Å². The zero-order chi connectivity index (χ0) is 8.43. The van der Waals surface area contributed by atoms with Crippen molar-refractivity contribution in [3.05, 3.63) is 0 Å². The van der Waals surface area contributed by atoms with Crippen molar-refractivity contribution >= 4 is 0 Å². The normalized spacial score (nSPS) is 45.8. The predicted octanol–water partition coefficient (Wildman–Crippen LogP) is -2.23. The average molecular weight is 163 g/mol. The second kappa shape index (κ2) is 3.46. The Morgan fingerprint density at radius 1 is 1.45 bits per heavy atom. The Morgan fingerprint density at radius 2 is 2.09 bits per heavy atom. The molecule has 0 aromatic heterocycles. The van der Waals surface area contributed by atoms with Crippen molar-refractivity contribution in [1.82, 2.24) is 0 Å². The highest BCUT2D eigenvalue weighted by atomic mass is 16.6. The van der Waals surface area contributed by atoms with Crippen LogP contribution in [0.3, 0.4) is 0 Å². The molecule has 1 unspecified atom stereocenters. The van der Waals surface area contributed by atoms with Crippen molar-refractivity contribution < 1.29 is 20.1 Å². The molecule has 0 saturated carbocycles. The molecule has 1 fully saturated rings. The molecule has 5 heteroatoms. The van der Waals surface area contributed by atoms with E-state index in [1.807, 2.05) is 0 Å². The molecule has 11 heavy (non-hydrogen) atoms. The molecule has 0 aromatic rings. The molecule has 66 valence electrons. The number of aliphatic hydroxyl groups is 3. The number of aliphatic hydroxyl groups excluding tert-OH is 3. The highest BCUT2D eigenvalue weighted by Gasteiger charge is 2.33. The van der Waals surface area contributed by atoms with Crippen molar-refractivity contribution in [1.29, 1.82) is 0 Å². The quantitative estimate of drug-likeness (QED) is 0.351. The molecule has 0 spiro atoms. The summed E-state index contributed by atoms with van der Waals surface area (Å²) in [5.41, 5.74) is 5.33. The summed E-state index contributed by atoms with van der Waals surface area (Å²) in [7, 11) is 0. The number of rotatable bonds is 1. The van der Waals surface area contributed by atoms with E-state index >= 15 is 0 Å². The third kappa shape index (κ3) is 1.88. The molecule has 1 saturated heterocycles. The van der Waals surface area contributed by atoms with Crippen LogP contribution in [0.5, 0.6) is 0 Å². The van der Waals surface area contributed by atoms with Gasteiger partial charge in [0.15, 0.2) is 6.29 Å². The van der Waals surface area contributed by atoms with Crippen molar-refractivity contribution in [2.24, 2.45) is 5.73 Å². The average Bonchev–Trinajstić information content (AvgIpc) is 1.99. The molecule has 0 bridgehead atoms. The van der Waals surface area contributed by atoms with Crippen molar-refractivity contribution in [3.8, 4) is 0 Å². The van der Waals surface area contributed by atoms with E-state index in [1.54, 1.807) is 0 Å². The van der Waals surface area contributed by atoms with E-state index in [9.17, 15) is 5.11 Å². The lowest BCUT2D eigenvalue weighted by Crippen LogP contribution is -2.53. The van der Waals surface area contributed by atoms with E-state index in [4.69, 9.17) is 20.7 Å². The molecule has 1 rings (SSSR count). The number of hydrogen-bond donors (Lipinski definition) is 4. The van der Waals surface area contributed by atoms with Crippen LogP contribution < -0.4 is 5.73 Å². The Kier molecular flexibility index (Phi) is 2.80. The van der Waals surface area contributed by atoms with Gasteiger partial charge < -0.3 is 25.8 Å². The molecule has 1 aliphatic rings. The summed E-state index contributed by atoms with van der Waals surface area (Å²) in [6.45, 7) is -0.207. The Bertz CT molecular complexity index is 120. The van der Waals surface area contributed by atoms with Crippen LogP contribution in [-0.4, -0.2) is 46.5 Å². The molecule has 0 aromatic carbocycles. The Balaban J connectivity index is 2.47. The molecule has 1 aliphatic heterocycles. The van der Waals surface area contributed by atoms with Gasteiger partial charge in [-0.15, -0.1) is 0 Å². The summed E-state index contributed by atoms with van der Waals surface area (Å²) in [5, 5.41) is 26.8.